The van der Waals surface area contributed by atoms with Crippen LogP contribution >= 0.6 is 0 Å². The summed E-state index contributed by atoms with van der Waals surface area (Å²) in [6.45, 7) is 3.51. The Balaban J connectivity index is 1.71. The molecule has 0 amide bonds. The predicted molar refractivity (Wildman–Crippen MR) is 121 cm³/mol. The maximum absolute atomic E-state index is 12.6. The molecule has 0 aliphatic heterocycles. The zero-order valence-electron chi connectivity index (χ0n) is 17.5. The highest BCUT2D eigenvalue weighted by molar-refractivity contribution is 7.89. The predicted octanol–water partition coefficient (Wildman–Crippen LogP) is 3.24. The minimum atomic E-state index is -1.47. The number of aromatic nitrogens is 2. The molecule has 0 spiro atoms. The fourth-order valence-corrected chi connectivity index (χ4v) is 4.24. The van der Waals surface area contributed by atoms with Crippen LogP contribution in [0.3, 0.4) is 0 Å². The first kappa shape index (κ1) is 21.3. The van der Waals surface area contributed by atoms with Crippen molar-refractivity contribution in [1.29, 1.82) is 0 Å². The van der Waals surface area contributed by atoms with Gasteiger partial charge in [-0.2, -0.15) is 0 Å². The Morgan fingerprint density at radius 1 is 1.19 bits per heavy atom. The Morgan fingerprint density at radius 2 is 2.00 bits per heavy atom. The normalized spacial score (nSPS) is 12.9. The van der Waals surface area contributed by atoms with Gasteiger partial charge in [-0.3, -0.25) is 9.78 Å². The maximum atomic E-state index is 12.6. The standard InChI is InChI=1S/C23H23N3O4S/c1-23(2,28)14-25-31(29)17-6-4-5-15(11-17)18-9-10-24-19-12-20(30-22(18)19)16-7-8-21(27)26(3)13-16/h4-13,25,28H,14H2,1-3H3. The van der Waals surface area contributed by atoms with E-state index in [1.165, 1.54) is 10.6 Å². The number of benzene rings is 1. The summed E-state index contributed by atoms with van der Waals surface area (Å²) in [7, 11) is 1.69. The summed E-state index contributed by atoms with van der Waals surface area (Å²) in [5, 5.41) is 9.86. The van der Waals surface area contributed by atoms with Crippen molar-refractivity contribution >= 4 is 22.5 Å². The van der Waals surface area contributed by atoms with E-state index in [1.54, 1.807) is 45.4 Å². The molecule has 3 heterocycles. The summed E-state index contributed by atoms with van der Waals surface area (Å²) in [6, 6.07) is 14.3. The molecule has 3 aromatic heterocycles. The van der Waals surface area contributed by atoms with Gasteiger partial charge in [-0.15, -0.1) is 4.72 Å². The first-order valence-corrected chi connectivity index (χ1v) is 10.9. The van der Waals surface area contributed by atoms with Crippen molar-refractivity contribution in [2.75, 3.05) is 6.54 Å². The number of nitrogens with zero attached hydrogens (tertiary/aromatic N) is 2. The number of aliphatic hydroxyl groups is 1. The van der Waals surface area contributed by atoms with Crippen LogP contribution in [0.15, 0.2) is 75.0 Å². The van der Waals surface area contributed by atoms with Crippen LogP contribution < -0.4 is 10.3 Å². The van der Waals surface area contributed by atoms with E-state index in [1.807, 2.05) is 30.3 Å². The molecule has 1 atom stereocenters. The van der Waals surface area contributed by atoms with Crippen LogP contribution in [0.4, 0.5) is 0 Å². The number of furan rings is 1. The lowest BCUT2D eigenvalue weighted by Gasteiger charge is -2.19. The van der Waals surface area contributed by atoms with Crippen LogP contribution in [0.25, 0.3) is 33.6 Å². The second-order valence-electron chi connectivity index (χ2n) is 7.98. The molecule has 0 saturated carbocycles. The number of rotatable bonds is 6. The van der Waals surface area contributed by atoms with Crippen molar-refractivity contribution in [2.24, 2.45) is 7.05 Å². The molecule has 160 valence electrons. The molecule has 0 radical (unpaired) electrons. The number of nitrogens with one attached hydrogen (secondary N) is 1. The lowest BCUT2D eigenvalue weighted by molar-refractivity contribution is 0.0857. The highest BCUT2D eigenvalue weighted by Crippen LogP contribution is 2.34. The third-order valence-corrected chi connectivity index (χ3v) is 5.87. The smallest absolute Gasteiger partial charge is 0.250 e. The van der Waals surface area contributed by atoms with E-state index in [2.05, 4.69) is 9.71 Å². The van der Waals surface area contributed by atoms with E-state index in [4.69, 9.17) is 4.42 Å². The number of aryl methyl sites for hydroxylation is 1. The summed E-state index contributed by atoms with van der Waals surface area (Å²) < 4.78 is 23.1. The van der Waals surface area contributed by atoms with E-state index < -0.39 is 17.0 Å². The Kier molecular flexibility index (Phi) is 5.72. The Hall–Kier alpha value is -2.91. The molecule has 0 fully saturated rings. The highest BCUT2D eigenvalue weighted by Gasteiger charge is 2.20. The Morgan fingerprint density at radius 3 is 2.74 bits per heavy atom. The minimum absolute atomic E-state index is 0.0957. The number of hydrogen-bond acceptors (Lipinski definition) is 6. The van der Waals surface area contributed by atoms with Gasteiger partial charge < -0.3 is 18.6 Å². The molecule has 0 aliphatic carbocycles. The summed E-state index contributed by atoms with van der Waals surface area (Å²) in [4.78, 5) is 16.7. The van der Waals surface area contributed by atoms with Crippen molar-refractivity contribution in [1.82, 2.24) is 14.3 Å². The van der Waals surface area contributed by atoms with E-state index in [0.717, 1.165) is 16.7 Å². The van der Waals surface area contributed by atoms with Gasteiger partial charge in [0.15, 0.2) is 10.5 Å². The molecule has 0 aliphatic rings. The van der Waals surface area contributed by atoms with Gasteiger partial charge in [0.1, 0.15) is 11.3 Å². The van der Waals surface area contributed by atoms with Crippen LogP contribution in [0, 0.1) is 0 Å². The van der Waals surface area contributed by atoms with Crippen LogP contribution in [-0.2, 0) is 18.4 Å². The molecule has 1 unspecified atom stereocenters. The van der Waals surface area contributed by atoms with Crippen molar-refractivity contribution in [2.45, 2.75) is 24.3 Å². The lowest BCUT2D eigenvalue weighted by Crippen LogP contribution is -2.38. The van der Waals surface area contributed by atoms with Crippen LogP contribution in [0.2, 0.25) is 0 Å². The van der Waals surface area contributed by atoms with Crippen molar-refractivity contribution < 1.29 is 14.1 Å². The third kappa shape index (κ3) is 4.72. The largest absolute Gasteiger partial charge is 0.593 e. The molecular weight excluding hydrogens is 414 g/mol. The highest BCUT2D eigenvalue weighted by atomic mass is 32.2. The van der Waals surface area contributed by atoms with Crippen molar-refractivity contribution in [3.8, 4) is 22.5 Å². The molecule has 1 aromatic carbocycles. The molecular formula is C23H23N3O4S. The average Bonchev–Trinajstić information content (AvgIpc) is 3.18. The van der Waals surface area contributed by atoms with E-state index in [0.29, 0.717) is 21.8 Å². The first-order chi connectivity index (χ1) is 14.7. The molecule has 2 N–H and O–H groups in total. The lowest BCUT2D eigenvalue weighted by atomic mass is 10.1. The monoisotopic (exact) mass is 437 g/mol. The zero-order chi connectivity index (χ0) is 22.2. The molecule has 4 rings (SSSR count). The SMILES string of the molecule is Cn1cc(-c2cc3nccc(-c4cccc([S+]([O-])NCC(C)(C)O)c4)c3o2)ccc1=O. The fourth-order valence-electron chi connectivity index (χ4n) is 3.15. The summed E-state index contributed by atoms with van der Waals surface area (Å²) in [5.41, 5.74) is 2.67. The van der Waals surface area contributed by atoms with Gasteiger partial charge >= 0.3 is 0 Å². The van der Waals surface area contributed by atoms with E-state index in [-0.39, 0.29) is 12.1 Å². The van der Waals surface area contributed by atoms with Crippen LogP contribution in [-0.4, -0.2) is 31.4 Å². The average molecular weight is 438 g/mol. The molecule has 8 heteroatoms. The van der Waals surface area contributed by atoms with Gasteiger partial charge in [-0.1, -0.05) is 12.1 Å². The van der Waals surface area contributed by atoms with Gasteiger partial charge in [-0.25, -0.2) is 0 Å². The van der Waals surface area contributed by atoms with Gasteiger partial charge in [0.05, 0.1) is 23.5 Å². The quantitative estimate of drug-likeness (QED) is 0.449. The number of hydrogen-bond donors (Lipinski definition) is 2. The second-order valence-corrected chi connectivity index (χ2v) is 9.28. The number of fused-ring (bicyclic) bond motifs is 1. The maximum Gasteiger partial charge on any atom is 0.250 e. The molecule has 7 nitrogen and oxygen atoms in total. The van der Waals surface area contributed by atoms with E-state index >= 15 is 0 Å². The van der Waals surface area contributed by atoms with E-state index in [9.17, 15) is 14.5 Å². The van der Waals surface area contributed by atoms with Crippen LogP contribution in [0.5, 0.6) is 0 Å². The second kappa shape index (κ2) is 8.32. The van der Waals surface area contributed by atoms with Crippen molar-refractivity contribution in [3.63, 3.8) is 0 Å². The van der Waals surface area contributed by atoms with Gasteiger partial charge in [0.2, 0.25) is 5.56 Å². The molecule has 31 heavy (non-hydrogen) atoms. The van der Waals surface area contributed by atoms with Crippen LogP contribution in [0.1, 0.15) is 13.8 Å². The van der Waals surface area contributed by atoms with Crippen molar-refractivity contribution in [3.05, 3.63) is 71.3 Å². The minimum Gasteiger partial charge on any atom is -0.593 e. The zero-order valence-corrected chi connectivity index (χ0v) is 18.3. The van der Waals surface area contributed by atoms with Gasteiger partial charge in [-0.05, 0) is 37.6 Å². The molecule has 0 saturated heterocycles. The molecule has 4 aromatic rings. The van der Waals surface area contributed by atoms with Gasteiger partial charge in [0.25, 0.3) is 0 Å². The topological polar surface area (TPSA) is 103 Å². The molecule has 0 bridgehead atoms. The fraction of sp³-hybridized carbons (Fsp3) is 0.217. The Bertz CT molecular complexity index is 1290. The summed E-state index contributed by atoms with van der Waals surface area (Å²) in [5.74, 6) is 0.608. The Labute approximate surface area is 182 Å². The first-order valence-electron chi connectivity index (χ1n) is 9.75. The summed E-state index contributed by atoms with van der Waals surface area (Å²) in [6.07, 6.45) is 3.42. The van der Waals surface area contributed by atoms with Gasteiger partial charge in [0, 0.05) is 48.8 Å². The summed E-state index contributed by atoms with van der Waals surface area (Å²) >= 11 is -1.47. The third-order valence-electron chi connectivity index (χ3n) is 4.78. The number of pyridine rings is 2.